The van der Waals surface area contributed by atoms with Crippen molar-refractivity contribution in [3.8, 4) is 0 Å². The summed E-state index contributed by atoms with van der Waals surface area (Å²) in [6, 6.07) is 1.55. The molecule has 6 heteroatoms. The second kappa shape index (κ2) is 5.16. The Morgan fingerprint density at radius 1 is 1.37 bits per heavy atom. The minimum absolute atomic E-state index is 0.105. The average Bonchev–Trinajstić information content (AvgIpc) is 3.11. The molecule has 2 fully saturated rings. The average molecular weight is 301 g/mol. The minimum Gasteiger partial charge on any atom is -0.391 e. The van der Waals surface area contributed by atoms with Crippen molar-refractivity contribution >= 4 is 21.4 Å². The molecule has 0 aliphatic heterocycles. The summed E-state index contributed by atoms with van der Waals surface area (Å²) in [4.78, 5) is 0.963. The molecule has 106 valence electrons. The van der Waals surface area contributed by atoms with Gasteiger partial charge in [0.25, 0.3) is 0 Å². The predicted octanol–water partition coefficient (Wildman–Crippen LogP) is 1.95. The number of thiophene rings is 1. The van der Waals surface area contributed by atoms with Gasteiger partial charge in [0.1, 0.15) is 0 Å². The quantitative estimate of drug-likeness (QED) is 0.873. The molecule has 3 unspecified atom stereocenters. The van der Waals surface area contributed by atoms with Crippen LogP contribution in [0.15, 0.2) is 16.3 Å². The van der Waals surface area contributed by atoms with Gasteiger partial charge in [-0.3, -0.25) is 0 Å². The number of fused-ring (bicyclic) bond motifs is 2. The Labute approximate surface area is 117 Å². The van der Waals surface area contributed by atoms with Gasteiger partial charge in [-0.05, 0) is 43.1 Å². The first-order chi connectivity index (χ1) is 9.08. The van der Waals surface area contributed by atoms with Gasteiger partial charge in [-0.25, -0.2) is 13.1 Å². The third kappa shape index (κ3) is 2.72. The second-order valence-electron chi connectivity index (χ2n) is 5.69. The van der Waals surface area contributed by atoms with Crippen LogP contribution in [0.4, 0.5) is 0 Å². The first-order valence-corrected chi connectivity index (χ1v) is 9.12. The van der Waals surface area contributed by atoms with Crippen LogP contribution in [0.5, 0.6) is 0 Å². The number of sulfonamides is 1. The Hall–Kier alpha value is -0.430. The zero-order valence-electron chi connectivity index (χ0n) is 10.7. The SMILES string of the molecule is O=S(=O)(NCC1CC2CCC1C2)c1csc(CO)c1. The molecular weight excluding hydrogens is 282 g/mol. The highest BCUT2D eigenvalue weighted by Crippen LogP contribution is 2.48. The Balaban J connectivity index is 1.62. The molecule has 0 aromatic carbocycles. The van der Waals surface area contributed by atoms with Gasteiger partial charge in [0, 0.05) is 16.8 Å². The molecule has 2 saturated carbocycles. The third-order valence-corrected chi connectivity index (χ3v) is 6.99. The van der Waals surface area contributed by atoms with Gasteiger partial charge in [-0.1, -0.05) is 6.42 Å². The first-order valence-electron chi connectivity index (χ1n) is 6.76. The smallest absolute Gasteiger partial charge is 0.241 e. The Bertz CT molecular complexity index is 552. The summed E-state index contributed by atoms with van der Waals surface area (Å²) in [6.07, 6.45) is 5.07. The molecule has 0 saturated heterocycles. The maximum Gasteiger partial charge on any atom is 0.241 e. The zero-order valence-corrected chi connectivity index (χ0v) is 12.3. The van der Waals surface area contributed by atoms with E-state index in [9.17, 15) is 8.42 Å². The molecule has 1 aromatic heterocycles. The largest absolute Gasteiger partial charge is 0.391 e. The zero-order chi connectivity index (χ0) is 13.5. The van der Waals surface area contributed by atoms with Crippen molar-refractivity contribution in [2.75, 3.05) is 6.54 Å². The number of hydrogen-bond donors (Lipinski definition) is 2. The van der Waals surface area contributed by atoms with Crippen molar-refractivity contribution in [3.05, 3.63) is 16.3 Å². The van der Waals surface area contributed by atoms with Crippen LogP contribution in [0.3, 0.4) is 0 Å². The van der Waals surface area contributed by atoms with Crippen molar-refractivity contribution in [2.45, 2.75) is 37.2 Å². The van der Waals surface area contributed by atoms with Gasteiger partial charge in [0.15, 0.2) is 0 Å². The second-order valence-corrected chi connectivity index (χ2v) is 8.46. The molecule has 3 atom stereocenters. The topological polar surface area (TPSA) is 66.4 Å². The normalized spacial score (nSPS) is 30.1. The summed E-state index contributed by atoms with van der Waals surface area (Å²) in [6.45, 7) is 0.459. The highest BCUT2D eigenvalue weighted by atomic mass is 32.2. The molecule has 1 aromatic rings. The lowest BCUT2D eigenvalue weighted by molar-refractivity contribution is 0.285. The predicted molar refractivity (Wildman–Crippen MR) is 74.4 cm³/mol. The maximum absolute atomic E-state index is 12.1. The van der Waals surface area contributed by atoms with E-state index in [1.807, 2.05) is 0 Å². The van der Waals surface area contributed by atoms with Crippen LogP contribution in [0.2, 0.25) is 0 Å². The summed E-state index contributed by atoms with van der Waals surface area (Å²) >= 11 is 1.28. The van der Waals surface area contributed by atoms with Crippen LogP contribution in [0, 0.1) is 17.8 Å². The van der Waals surface area contributed by atoms with Crippen LogP contribution in [-0.2, 0) is 16.6 Å². The van der Waals surface area contributed by atoms with Crippen molar-refractivity contribution in [1.82, 2.24) is 4.72 Å². The highest BCUT2D eigenvalue weighted by Gasteiger charge is 2.39. The van der Waals surface area contributed by atoms with Crippen LogP contribution in [0.25, 0.3) is 0 Å². The number of hydrogen-bond acceptors (Lipinski definition) is 4. The molecule has 0 spiro atoms. The van der Waals surface area contributed by atoms with E-state index in [4.69, 9.17) is 5.11 Å². The van der Waals surface area contributed by atoms with Gasteiger partial charge in [-0.2, -0.15) is 0 Å². The first kappa shape index (κ1) is 13.5. The summed E-state index contributed by atoms with van der Waals surface area (Å²) in [7, 11) is -3.40. The van der Waals surface area contributed by atoms with Gasteiger partial charge in [-0.15, -0.1) is 11.3 Å². The van der Waals surface area contributed by atoms with Crippen LogP contribution in [0.1, 0.15) is 30.6 Å². The summed E-state index contributed by atoms with van der Waals surface area (Å²) in [5, 5.41) is 10.6. The summed E-state index contributed by atoms with van der Waals surface area (Å²) in [5.41, 5.74) is 0. The Kier molecular flexibility index (Phi) is 3.68. The molecule has 4 nitrogen and oxygen atoms in total. The maximum atomic E-state index is 12.1. The van der Waals surface area contributed by atoms with Gasteiger partial charge in [0.05, 0.1) is 11.5 Å². The molecule has 0 radical (unpaired) electrons. The van der Waals surface area contributed by atoms with E-state index in [1.165, 1.54) is 37.0 Å². The molecular formula is C13H19NO3S2. The van der Waals surface area contributed by atoms with Crippen molar-refractivity contribution in [3.63, 3.8) is 0 Å². The molecule has 2 N–H and O–H groups in total. The number of aliphatic hydroxyl groups is 1. The number of aliphatic hydroxyl groups excluding tert-OH is 1. The summed E-state index contributed by atoms with van der Waals surface area (Å²) < 4.78 is 27.0. The van der Waals surface area contributed by atoms with E-state index in [0.29, 0.717) is 17.3 Å². The molecule has 2 bridgehead atoms. The van der Waals surface area contributed by atoms with E-state index in [1.54, 1.807) is 11.4 Å². The van der Waals surface area contributed by atoms with Crippen LogP contribution in [-0.4, -0.2) is 20.1 Å². The van der Waals surface area contributed by atoms with E-state index >= 15 is 0 Å². The van der Waals surface area contributed by atoms with E-state index in [-0.39, 0.29) is 11.5 Å². The fraction of sp³-hybridized carbons (Fsp3) is 0.692. The Morgan fingerprint density at radius 2 is 2.21 bits per heavy atom. The van der Waals surface area contributed by atoms with Crippen molar-refractivity contribution < 1.29 is 13.5 Å². The highest BCUT2D eigenvalue weighted by molar-refractivity contribution is 7.89. The number of rotatable bonds is 5. The van der Waals surface area contributed by atoms with E-state index in [0.717, 1.165) is 11.8 Å². The molecule has 1 heterocycles. The standard InChI is InChI=1S/C13H19NO3S2/c15-7-12-5-13(8-18-12)19(16,17)14-6-11-4-9-1-2-10(11)3-9/h5,8-11,14-15H,1-4,6-7H2. The molecule has 19 heavy (non-hydrogen) atoms. The lowest BCUT2D eigenvalue weighted by Gasteiger charge is -2.21. The molecule has 0 amide bonds. The fourth-order valence-electron chi connectivity index (χ4n) is 3.51. The van der Waals surface area contributed by atoms with E-state index < -0.39 is 10.0 Å². The molecule has 2 aliphatic rings. The Morgan fingerprint density at radius 3 is 2.79 bits per heavy atom. The van der Waals surface area contributed by atoms with Crippen molar-refractivity contribution in [1.29, 1.82) is 0 Å². The third-order valence-electron chi connectivity index (χ3n) is 4.52. The monoisotopic (exact) mass is 301 g/mol. The lowest BCUT2D eigenvalue weighted by atomic mass is 9.89. The lowest BCUT2D eigenvalue weighted by Crippen LogP contribution is -2.31. The van der Waals surface area contributed by atoms with Gasteiger partial charge in [0.2, 0.25) is 10.0 Å². The van der Waals surface area contributed by atoms with Crippen LogP contribution >= 0.6 is 11.3 Å². The number of nitrogens with one attached hydrogen (secondary N) is 1. The van der Waals surface area contributed by atoms with Gasteiger partial charge >= 0.3 is 0 Å². The molecule has 3 rings (SSSR count). The van der Waals surface area contributed by atoms with Crippen LogP contribution < -0.4 is 4.72 Å². The van der Waals surface area contributed by atoms with E-state index in [2.05, 4.69) is 4.72 Å². The molecule has 2 aliphatic carbocycles. The van der Waals surface area contributed by atoms with Gasteiger partial charge < -0.3 is 5.11 Å². The minimum atomic E-state index is -3.40. The van der Waals surface area contributed by atoms with Crippen molar-refractivity contribution in [2.24, 2.45) is 17.8 Å². The fourth-order valence-corrected chi connectivity index (χ4v) is 5.74. The summed E-state index contributed by atoms with van der Waals surface area (Å²) in [5.74, 6) is 2.08.